The van der Waals surface area contributed by atoms with E-state index in [1.165, 1.54) is 28.9 Å². The van der Waals surface area contributed by atoms with E-state index in [1.807, 2.05) is 0 Å². The average Bonchev–Trinajstić information content (AvgIpc) is 2.74. The molecule has 0 unspecified atom stereocenters. The van der Waals surface area contributed by atoms with E-state index in [9.17, 15) is 29.1 Å². The summed E-state index contributed by atoms with van der Waals surface area (Å²) in [5.41, 5.74) is 0. The Morgan fingerprint density at radius 1 is 0.583 bits per heavy atom. The fourth-order valence-corrected chi connectivity index (χ4v) is 2.94. The Morgan fingerprint density at radius 3 is 1.19 bits per heavy atom. The Bertz CT molecular complexity index is 637. The van der Waals surface area contributed by atoms with Crippen LogP contribution in [0.1, 0.15) is 0 Å². The molecule has 0 aliphatic heterocycles. The number of ether oxygens (including phenoxy) is 2. The normalized spacial score (nSPS) is 10.8. The van der Waals surface area contributed by atoms with E-state index >= 15 is 0 Å². The van der Waals surface area contributed by atoms with Gasteiger partial charge in [-0.2, -0.15) is 0 Å². The van der Waals surface area contributed by atoms with Crippen LogP contribution >= 0.6 is 0 Å². The predicted octanol–water partition coefficient (Wildman–Crippen LogP) is -4.24. The standard InChI is InChI=1S/C20H37N5O10.Ca.2H/c1-34-9-3-21-16(26)11-24(14-19(30)31)7-5-23(13-18(28)29)6-8-25(15-20(32)33)12-17(27)22-4-10-35-2;;;/h3-15H2,1-2H3,(H,21,26)(H,22,27)(H,28,29)(H,30,31)(H,32,33);;;. The second kappa shape index (κ2) is 22.6. The van der Waals surface area contributed by atoms with Crippen molar-refractivity contribution in [1.82, 2.24) is 25.3 Å². The summed E-state index contributed by atoms with van der Waals surface area (Å²) in [5, 5.41) is 32.7. The number of carbonyl (C=O) groups excluding carboxylic acids is 2. The fraction of sp³-hybridized carbons (Fsp3) is 0.750. The predicted molar refractivity (Wildman–Crippen MR) is 131 cm³/mol. The van der Waals surface area contributed by atoms with Gasteiger partial charge >= 0.3 is 55.6 Å². The molecule has 0 aliphatic rings. The zero-order valence-electron chi connectivity index (χ0n) is 20.2. The third kappa shape index (κ3) is 21.7. The molecule has 0 fully saturated rings. The van der Waals surface area contributed by atoms with E-state index in [4.69, 9.17) is 19.7 Å². The Kier molecular flexibility index (Phi) is 23.0. The van der Waals surface area contributed by atoms with E-state index in [1.54, 1.807) is 0 Å². The molecule has 0 aromatic carbocycles. The van der Waals surface area contributed by atoms with Crippen LogP contribution in [0.4, 0.5) is 0 Å². The van der Waals surface area contributed by atoms with E-state index < -0.39 is 42.8 Å². The molecule has 2 amide bonds. The Morgan fingerprint density at radius 2 is 0.889 bits per heavy atom. The zero-order chi connectivity index (χ0) is 26.6. The van der Waals surface area contributed by atoms with Crippen molar-refractivity contribution in [2.75, 3.05) is 99.4 Å². The van der Waals surface area contributed by atoms with Crippen molar-refractivity contribution in [1.29, 1.82) is 0 Å². The molecule has 36 heavy (non-hydrogen) atoms. The fourth-order valence-electron chi connectivity index (χ4n) is 2.94. The number of rotatable bonds is 22. The summed E-state index contributed by atoms with van der Waals surface area (Å²) in [7, 11) is 2.96. The third-order valence-electron chi connectivity index (χ3n) is 4.53. The minimum absolute atomic E-state index is 0. The molecule has 0 aromatic rings. The first-order chi connectivity index (χ1) is 16.6. The van der Waals surface area contributed by atoms with Gasteiger partial charge in [0.15, 0.2) is 0 Å². The molecule has 5 N–H and O–H groups in total. The molecule has 206 valence electrons. The van der Waals surface area contributed by atoms with Crippen molar-refractivity contribution in [2.24, 2.45) is 0 Å². The van der Waals surface area contributed by atoms with E-state index in [-0.39, 0.29) is 96.6 Å². The van der Waals surface area contributed by atoms with Crippen LogP contribution in [0.15, 0.2) is 0 Å². The Balaban J connectivity index is 0. The molecular weight excluding hydrogens is 510 g/mol. The SMILES string of the molecule is COCCNC(=O)CN(CCN(CCN(CC(=O)O)CC(=O)NCCOC)CC(=O)O)CC(=O)O.[CaH2]. The van der Waals surface area contributed by atoms with Gasteiger partial charge in [0.25, 0.3) is 0 Å². The second-order valence-electron chi connectivity index (χ2n) is 7.56. The number of hydrogen-bond acceptors (Lipinski definition) is 10. The van der Waals surface area contributed by atoms with Crippen molar-refractivity contribution in [3.8, 4) is 0 Å². The van der Waals surface area contributed by atoms with E-state index in [0.717, 1.165) is 0 Å². The van der Waals surface area contributed by atoms with E-state index in [0.29, 0.717) is 13.2 Å². The van der Waals surface area contributed by atoms with Gasteiger partial charge in [-0.05, 0) is 0 Å². The summed E-state index contributed by atoms with van der Waals surface area (Å²) in [4.78, 5) is 61.9. The van der Waals surface area contributed by atoms with Gasteiger partial charge in [0.05, 0.1) is 45.9 Å². The van der Waals surface area contributed by atoms with Crippen molar-refractivity contribution >= 4 is 67.5 Å². The number of carboxylic acid groups (broad SMARTS) is 3. The Hall–Kier alpha value is -1.59. The molecule has 0 spiro atoms. The monoisotopic (exact) mass is 549 g/mol. The maximum atomic E-state index is 12.0. The number of aliphatic carboxylic acids is 3. The molecule has 0 saturated heterocycles. The molecule has 0 aliphatic carbocycles. The summed E-state index contributed by atoms with van der Waals surface area (Å²) in [6, 6.07) is 0. The van der Waals surface area contributed by atoms with Crippen molar-refractivity contribution < 1.29 is 48.8 Å². The average molecular weight is 550 g/mol. The van der Waals surface area contributed by atoms with Crippen LogP contribution in [0.3, 0.4) is 0 Å². The van der Waals surface area contributed by atoms with Gasteiger partial charge in [-0.15, -0.1) is 0 Å². The molecule has 0 rings (SSSR count). The molecule has 16 heteroatoms. The number of nitrogens with one attached hydrogen (secondary N) is 2. The molecule has 0 aromatic heterocycles. The van der Waals surface area contributed by atoms with Gasteiger partial charge in [0.1, 0.15) is 0 Å². The second-order valence-corrected chi connectivity index (χ2v) is 7.56. The van der Waals surface area contributed by atoms with Gasteiger partial charge in [0, 0.05) is 53.5 Å². The van der Waals surface area contributed by atoms with Crippen LogP contribution in [0.25, 0.3) is 0 Å². The van der Waals surface area contributed by atoms with Crippen LogP contribution in [0.5, 0.6) is 0 Å². The molecule has 0 atom stereocenters. The third-order valence-corrected chi connectivity index (χ3v) is 4.53. The zero-order valence-corrected chi connectivity index (χ0v) is 20.2. The molecule has 15 nitrogen and oxygen atoms in total. The van der Waals surface area contributed by atoms with Gasteiger partial charge < -0.3 is 35.4 Å². The number of nitrogens with zero attached hydrogens (tertiary/aromatic N) is 3. The molecule has 0 saturated carbocycles. The van der Waals surface area contributed by atoms with Crippen LogP contribution in [-0.2, 0) is 33.4 Å². The molecule has 0 bridgehead atoms. The van der Waals surface area contributed by atoms with E-state index in [2.05, 4.69) is 10.6 Å². The van der Waals surface area contributed by atoms with Gasteiger partial charge in [-0.25, -0.2) is 0 Å². The summed E-state index contributed by atoms with van der Waals surface area (Å²) >= 11 is 0. The quantitative estimate of drug-likeness (QED) is 0.0643. The van der Waals surface area contributed by atoms with Crippen LogP contribution in [0, 0.1) is 0 Å². The molecular formula is C20H39CaN5O10. The summed E-state index contributed by atoms with van der Waals surface area (Å²) in [6.07, 6.45) is 0. The first-order valence-corrected chi connectivity index (χ1v) is 10.9. The van der Waals surface area contributed by atoms with Gasteiger partial charge in [0.2, 0.25) is 11.8 Å². The number of amides is 2. The number of methoxy groups -OCH3 is 2. The number of carbonyl (C=O) groups is 5. The summed E-state index contributed by atoms with van der Waals surface area (Å²) < 4.78 is 9.68. The number of carboxylic acids is 3. The maximum absolute atomic E-state index is 12.0. The molecule has 0 radical (unpaired) electrons. The summed E-state index contributed by atoms with van der Waals surface area (Å²) in [6.45, 7) is -0.159. The van der Waals surface area contributed by atoms with Gasteiger partial charge in [-0.3, -0.25) is 38.7 Å². The van der Waals surface area contributed by atoms with Crippen molar-refractivity contribution in [3.63, 3.8) is 0 Å². The van der Waals surface area contributed by atoms with Crippen LogP contribution in [0.2, 0.25) is 0 Å². The van der Waals surface area contributed by atoms with Gasteiger partial charge in [-0.1, -0.05) is 0 Å². The number of hydrogen-bond donors (Lipinski definition) is 5. The first kappa shape index (κ1) is 36.6. The first-order valence-electron chi connectivity index (χ1n) is 10.9. The topological polar surface area (TPSA) is 198 Å². The molecule has 0 heterocycles. The van der Waals surface area contributed by atoms with Crippen molar-refractivity contribution in [3.05, 3.63) is 0 Å². The minimum atomic E-state index is -1.15. The van der Waals surface area contributed by atoms with Crippen molar-refractivity contribution in [2.45, 2.75) is 0 Å². The Labute approximate surface area is 240 Å². The van der Waals surface area contributed by atoms with Crippen LogP contribution < -0.4 is 10.6 Å². The summed E-state index contributed by atoms with van der Waals surface area (Å²) in [5.74, 6) is -4.23. The van der Waals surface area contributed by atoms with Crippen LogP contribution in [-0.4, -0.2) is 197 Å².